The minimum absolute atomic E-state index is 0.924. The number of aliphatic imine (C=N–C) groups is 1. The van der Waals surface area contributed by atoms with Gasteiger partial charge in [0, 0.05) is 6.21 Å². The molecule has 1 nitrogen and oxygen atoms in total. The van der Waals surface area contributed by atoms with Gasteiger partial charge in [0.15, 0.2) is 0 Å². The Morgan fingerprint density at radius 2 is 1.92 bits per heavy atom. The molecule has 0 aliphatic carbocycles. The summed E-state index contributed by atoms with van der Waals surface area (Å²) in [5.74, 6) is 0. The van der Waals surface area contributed by atoms with Crippen molar-refractivity contribution in [1.29, 1.82) is 0 Å². The van der Waals surface area contributed by atoms with Crippen LogP contribution in [-0.4, -0.2) is 6.21 Å². The molecule has 0 radical (unpaired) electrons. The molecule has 0 saturated carbocycles. The molecular formula is C11H11N. The molecule has 60 valence electrons. The van der Waals surface area contributed by atoms with Crippen LogP contribution < -0.4 is 0 Å². The van der Waals surface area contributed by atoms with Crippen LogP contribution in [0.1, 0.15) is 5.56 Å². The van der Waals surface area contributed by atoms with Crippen LogP contribution in [-0.2, 0) is 0 Å². The first-order valence-corrected chi connectivity index (χ1v) is 3.75. The van der Waals surface area contributed by atoms with Crippen molar-refractivity contribution in [3.8, 4) is 0 Å². The highest BCUT2D eigenvalue weighted by Crippen LogP contribution is 2.18. The van der Waals surface area contributed by atoms with Crippen LogP contribution in [0.3, 0.4) is 0 Å². The summed E-state index contributed by atoms with van der Waals surface area (Å²) < 4.78 is 0. The maximum atomic E-state index is 4.18. The maximum absolute atomic E-state index is 4.18. The maximum Gasteiger partial charge on any atom is 0.0701 e. The number of benzene rings is 1. The van der Waals surface area contributed by atoms with E-state index in [1.54, 1.807) is 18.4 Å². The summed E-state index contributed by atoms with van der Waals surface area (Å²) in [5.41, 5.74) is 1.96. The van der Waals surface area contributed by atoms with Gasteiger partial charge in [0.1, 0.15) is 0 Å². The fourth-order valence-electron chi connectivity index (χ4n) is 0.911. The van der Waals surface area contributed by atoms with E-state index in [0.717, 1.165) is 11.3 Å². The van der Waals surface area contributed by atoms with Gasteiger partial charge in [-0.05, 0) is 11.6 Å². The minimum atomic E-state index is 0.924. The number of para-hydroxylation sites is 1. The molecule has 1 aromatic rings. The average Bonchev–Trinajstić information content (AvgIpc) is 2.15. The topological polar surface area (TPSA) is 12.4 Å². The first-order chi connectivity index (χ1) is 5.88. The highest BCUT2D eigenvalue weighted by Gasteiger charge is 1.91. The molecule has 0 N–H and O–H groups in total. The second kappa shape index (κ2) is 4.29. The lowest BCUT2D eigenvalue weighted by Gasteiger charge is -1.97. The zero-order valence-corrected chi connectivity index (χ0v) is 6.90. The van der Waals surface area contributed by atoms with Gasteiger partial charge < -0.3 is 0 Å². The van der Waals surface area contributed by atoms with Gasteiger partial charge in [0.05, 0.1) is 5.69 Å². The van der Waals surface area contributed by atoms with E-state index in [9.17, 15) is 0 Å². The second-order valence-electron chi connectivity index (χ2n) is 2.28. The summed E-state index contributed by atoms with van der Waals surface area (Å²) in [7, 11) is 0. The molecule has 0 aliphatic rings. The fraction of sp³-hybridized carbons (Fsp3) is 0. The second-order valence-corrected chi connectivity index (χ2v) is 2.28. The van der Waals surface area contributed by atoms with E-state index in [-0.39, 0.29) is 0 Å². The molecule has 1 rings (SSSR count). The van der Waals surface area contributed by atoms with E-state index < -0.39 is 0 Å². The third-order valence-corrected chi connectivity index (χ3v) is 1.48. The number of rotatable bonds is 3. The lowest BCUT2D eigenvalue weighted by Crippen LogP contribution is -1.72. The van der Waals surface area contributed by atoms with Crippen LogP contribution >= 0.6 is 0 Å². The van der Waals surface area contributed by atoms with Crippen LogP contribution in [0.4, 0.5) is 5.69 Å². The monoisotopic (exact) mass is 157 g/mol. The van der Waals surface area contributed by atoms with Gasteiger partial charge in [-0.25, -0.2) is 0 Å². The van der Waals surface area contributed by atoms with Gasteiger partial charge in [0.25, 0.3) is 0 Å². The molecule has 0 atom stereocenters. The van der Waals surface area contributed by atoms with Crippen LogP contribution in [0.5, 0.6) is 0 Å². The molecule has 12 heavy (non-hydrogen) atoms. The largest absolute Gasteiger partial charge is 0.256 e. The van der Waals surface area contributed by atoms with Crippen LogP contribution in [0.25, 0.3) is 6.08 Å². The van der Waals surface area contributed by atoms with Gasteiger partial charge in [-0.3, -0.25) is 4.99 Å². The van der Waals surface area contributed by atoms with Crippen molar-refractivity contribution in [2.45, 2.75) is 0 Å². The molecule has 0 aliphatic heterocycles. The molecule has 0 spiro atoms. The molecule has 0 saturated heterocycles. The third-order valence-electron chi connectivity index (χ3n) is 1.48. The Hall–Kier alpha value is -1.63. The summed E-state index contributed by atoms with van der Waals surface area (Å²) in [4.78, 5) is 4.18. The smallest absolute Gasteiger partial charge is 0.0701 e. The predicted octanol–water partition coefficient (Wildman–Crippen LogP) is 3.22. The fourth-order valence-corrected chi connectivity index (χ4v) is 0.911. The van der Waals surface area contributed by atoms with E-state index in [1.165, 1.54) is 0 Å². The van der Waals surface area contributed by atoms with Gasteiger partial charge >= 0.3 is 0 Å². The van der Waals surface area contributed by atoms with Crippen molar-refractivity contribution in [1.82, 2.24) is 0 Å². The Bertz CT molecular complexity index is 311. The van der Waals surface area contributed by atoms with E-state index >= 15 is 0 Å². The van der Waals surface area contributed by atoms with E-state index in [4.69, 9.17) is 0 Å². The first kappa shape index (κ1) is 8.47. The van der Waals surface area contributed by atoms with E-state index in [0.29, 0.717) is 0 Å². The van der Waals surface area contributed by atoms with Crippen LogP contribution in [0, 0.1) is 0 Å². The zero-order chi connectivity index (χ0) is 8.81. The Morgan fingerprint density at radius 3 is 2.58 bits per heavy atom. The molecule has 0 amide bonds. The SMILES string of the molecule is C=CC=Nc1ccccc1C=C. The van der Waals surface area contributed by atoms with Gasteiger partial charge in [-0.2, -0.15) is 0 Å². The standard InChI is InChI=1S/C11H11N/c1-3-9-12-11-8-6-5-7-10(11)4-2/h3-9H,1-2H2. The van der Waals surface area contributed by atoms with Gasteiger partial charge in [0.2, 0.25) is 0 Å². The zero-order valence-electron chi connectivity index (χ0n) is 6.90. The number of nitrogens with zero attached hydrogens (tertiary/aromatic N) is 1. The molecule has 1 heteroatoms. The summed E-state index contributed by atoms with van der Waals surface area (Å²) in [6, 6.07) is 7.83. The normalized spacial score (nSPS) is 10.0. The van der Waals surface area contributed by atoms with E-state index in [1.807, 2.05) is 24.3 Å². The average molecular weight is 157 g/mol. The Morgan fingerprint density at radius 1 is 1.17 bits per heavy atom. The molecule has 0 heterocycles. The summed E-state index contributed by atoms with van der Waals surface area (Å²) in [6.07, 6.45) is 5.11. The van der Waals surface area contributed by atoms with Crippen LogP contribution in [0.15, 0.2) is 48.5 Å². The Balaban J connectivity index is 3.04. The predicted molar refractivity (Wildman–Crippen MR) is 54.9 cm³/mol. The lowest BCUT2D eigenvalue weighted by molar-refractivity contribution is 1.52. The van der Waals surface area contributed by atoms with Gasteiger partial charge in [-0.15, -0.1) is 0 Å². The first-order valence-electron chi connectivity index (χ1n) is 3.75. The molecule has 0 fully saturated rings. The van der Waals surface area contributed by atoms with E-state index in [2.05, 4.69) is 18.2 Å². The summed E-state index contributed by atoms with van der Waals surface area (Å²) in [5, 5.41) is 0. The molecule has 0 bridgehead atoms. The number of allylic oxidation sites excluding steroid dienone is 1. The highest BCUT2D eigenvalue weighted by atomic mass is 14.7. The van der Waals surface area contributed by atoms with Crippen molar-refractivity contribution in [3.63, 3.8) is 0 Å². The van der Waals surface area contributed by atoms with Crippen LogP contribution in [0.2, 0.25) is 0 Å². The summed E-state index contributed by atoms with van der Waals surface area (Å²) in [6.45, 7) is 7.26. The Labute approximate surface area is 72.8 Å². The Kier molecular flexibility index (Phi) is 3.03. The molecule has 1 aromatic carbocycles. The van der Waals surface area contributed by atoms with Crippen molar-refractivity contribution in [2.75, 3.05) is 0 Å². The minimum Gasteiger partial charge on any atom is -0.256 e. The number of hydrogen-bond donors (Lipinski definition) is 0. The molecule has 0 aromatic heterocycles. The number of hydrogen-bond acceptors (Lipinski definition) is 1. The lowest BCUT2D eigenvalue weighted by atomic mass is 10.2. The molecular weight excluding hydrogens is 146 g/mol. The third kappa shape index (κ3) is 1.92. The van der Waals surface area contributed by atoms with Gasteiger partial charge in [-0.1, -0.05) is 43.5 Å². The van der Waals surface area contributed by atoms with Crippen molar-refractivity contribution in [2.24, 2.45) is 4.99 Å². The summed E-state index contributed by atoms with van der Waals surface area (Å²) >= 11 is 0. The van der Waals surface area contributed by atoms with Crippen molar-refractivity contribution in [3.05, 3.63) is 49.1 Å². The molecule has 0 unspecified atom stereocenters. The highest BCUT2D eigenvalue weighted by molar-refractivity contribution is 5.76. The van der Waals surface area contributed by atoms with Crippen molar-refractivity contribution < 1.29 is 0 Å². The quantitative estimate of drug-likeness (QED) is 0.597. The van der Waals surface area contributed by atoms with Crippen molar-refractivity contribution >= 4 is 18.0 Å².